The van der Waals surface area contributed by atoms with Crippen molar-refractivity contribution in [3.8, 4) is 0 Å². The number of hydrogen-bond donors (Lipinski definition) is 8. The van der Waals surface area contributed by atoms with Crippen LogP contribution in [-0.4, -0.2) is 234 Å². The normalized spacial score (nSPS) is 20.9. The summed E-state index contributed by atoms with van der Waals surface area (Å²) in [6.07, 6.45) is -0.715. The number of benzene rings is 2. The second kappa shape index (κ2) is 35.1. The molecule has 3 aliphatic rings. The van der Waals surface area contributed by atoms with Gasteiger partial charge in [-0.25, -0.2) is 6.29 Å². The van der Waals surface area contributed by atoms with Crippen LogP contribution in [0.4, 0.5) is 0 Å². The molecule has 4 heterocycles. The van der Waals surface area contributed by atoms with Gasteiger partial charge in [0.2, 0.25) is 0 Å². The Balaban J connectivity index is 0.0000138. The third kappa shape index (κ3) is 18.9. The first-order chi connectivity index (χ1) is 41.3. The number of hydrogen-bond acceptors (Lipinski definition) is 20. The molecule has 1 aromatic heterocycles. The van der Waals surface area contributed by atoms with E-state index in [2.05, 4.69) is 36.9 Å². The number of fused-ring (bicyclic) bond motifs is 1. The van der Waals surface area contributed by atoms with Crippen molar-refractivity contribution in [2.24, 2.45) is 17.6 Å². The second-order valence-electron chi connectivity index (χ2n) is 23.1. The number of carbonyl (C=O) groups is 11. The predicted octanol–water partition coefficient (Wildman–Crippen LogP) is -1.68. The van der Waals surface area contributed by atoms with Crippen LogP contribution in [0, 0.1) is 11.8 Å². The molecule has 2 aromatic carbocycles. The van der Waals surface area contributed by atoms with Crippen LogP contribution in [0.2, 0.25) is 0 Å². The molecular formula is C60H85N14O12Y-. The van der Waals surface area contributed by atoms with Crippen LogP contribution in [0.1, 0.15) is 77.8 Å². The first-order valence-electron chi connectivity index (χ1n) is 29.5. The Morgan fingerprint density at radius 1 is 0.598 bits per heavy atom. The van der Waals surface area contributed by atoms with Gasteiger partial charge in [-0.2, -0.15) is 0 Å². The molecule has 0 spiro atoms. The minimum absolute atomic E-state index is 0. The monoisotopic (exact) mass is 1280 g/mol. The zero-order chi connectivity index (χ0) is 62.6. The van der Waals surface area contributed by atoms with Gasteiger partial charge in [0.25, 0.3) is 29.5 Å². The number of rotatable bonds is 36. The summed E-state index contributed by atoms with van der Waals surface area (Å²) in [5, 5.41) is 19.0. The summed E-state index contributed by atoms with van der Waals surface area (Å²) in [4.78, 5) is 177. The molecule has 87 heavy (non-hydrogen) atoms. The van der Waals surface area contributed by atoms with Gasteiger partial charge in [0.05, 0.1) is 36.3 Å². The van der Waals surface area contributed by atoms with Gasteiger partial charge in [0, 0.05) is 89.1 Å². The third-order valence-corrected chi connectivity index (χ3v) is 15.7. The maximum Gasteiger partial charge on any atom is 0.262 e. The van der Waals surface area contributed by atoms with Crippen molar-refractivity contribution in [2.45, 2.75) is 153 Å². The minimum Gasteiger partial charge on any atom is -0.539 e. The average molecular weight is 1280 g/mol. The number of aromatic amines is 1. The number of likely N-dealkylation sites (N-methyl/N-ethyl adjacent to an activating group) is 1. The molecule has 5 amide bonds. The van der Waals surface area contributed by atoms with Crippen LogP contribution < -0.4 is 37.6 Å². The minimum atomic E-state index is -1.77. The Morgan fingerprint density at radius 3 is 1.67 bits per heavy atom. The number of nitrogens with one attached hydrogen (secondary N) is 7. The number of para-hydroxylation sites is 1. The fraction of sp³-hybridized carbons (Fsp3) is 0.567. The number of aromatic nitrogens is 1. The van der Waals surface area contributed by atoms with Gasteiger partial charge in [-0.1, -0.05) is 82.6 Å². The Morgan fingerprint density at radius 2 is 1.10 bits per heavy atom. The molecule has 471 valence electrons. The molecule has 0 saturated carbocycles. The van der Waals surface area contributed by atoms with E-state index >= 15 is 19.2 Å². The summed E-state index contributed by atoms with van der Waals surface area (Å²) < 4.78 is 0. The van der Waals surface area contributed by atoms with Crippen molar-refractivity contribution in [2.75, 3.05) is 52.9 Å². The molecule has 3 saturated heterocycles. The van der Waals surface area contributed by atoms with Gasteiger partial charge in [-0.3, -0.25) is 55.5 Å². The van der Waals surface area contributed by atoms with Crippen LogP contribution >= 0.6 is 0 Å². The maximum atomic E-state index is 16.0. The van der Waals surface area contributed by atoms with Gasteiger partial charge in [0.1, 0.15) is 43.9 Å². The summed E-state index contributed by atoms with van der Waals surface area (Å²) in [6.45, 7) is 7.82. The number of H-pyrrole nitrogens is 1. The zero-order valence-electron chi connectivity index (χ0n) is 50.5. The van der Waals surface area contributed by atoms with E-state index in [1.54, 1.807) is 24.4 Å². The molecule has 3 fully saturated rings. The molecule has 26 nitrogen and oxygen atoms in total. The van der Waals surface area contributed by atoms with Gasteiger partial charge >= 0.3 is 0 Å². The van der Waals surface area contributed by atoms with Crippen molar-refractivity contribution in [1.29, 1.82) is 0 Å². The van der Waals surface area contributed by atoms with Gasteiger partial charge in [-0.05, 0) is 94.2 Å². The largest absolute Gasteiger partial charge is 0.539 e. The molecule has 1 radical (unpaired) electrons. The molecule has 3 aromatic rings. The Hall–Kier alpha value is -6.20. The third-order valence-electron chi connectivity index (χ3n) is 15.7. The van der Waals surface area contributed by atoms with Gasteiger partial charge in [-0.15, -0.1) is 0 Å². The number of nitrogens with two attached hydrogens (primary N) is 1. The van der Waals surface area contributed by atoms with E-state index in [9.17, 15) is 38.4 Å². The van der Waals surface area contributed by atoms with Crippen molar-refractivity contribution in [3.63, 3.8) is 0 Å². The number of unbranched alkanes of at least 4 members (excludes halogenated alkanes) is 1. The Bertz CT molecular complexity index is 2810. The smallest absolute Gasteiger partial charge is 0.262 e. The average Bonchev–Trinajstić information content (AvgIpc) is 2.84. The van der Waals surface area contributed by atoms with Crippen LogP contribution in [-0.2, 0) is 103 Å². The van der Waals surface area contributed by atoms with E-state index < -0.39 is 109 Å². The number of carbonyl (C=O) groups excluding carboxylic acids is 12. The van der Waals surface area contributed by atoms with E-state index in [0.717, 1.165) is 36.1 Å². The van der Waals surface area contributed by atoms with Crippen molar-refractivity contribution < 1.29 is 90.2 Å². The molecule has 12 atom stereocenters. The van der Waals surface area contributed by atoms with E-state index in [-0.39, 0.29) is 116 Å². The SMILES string of the molecule is CC(C)C[C@@H](C=O)N[C@H]1C(=O)N([C@H]([C-]=O)N[C@@H](C)C=O)CCN1C(=O)[C@H](N[C@H](C=O)CC(C)C)N1CCN(C(=O)[C@H](N[C@H](C=O)Cc2c[nH]c3ccccc23)N2CCN(C)[C@@H](N[C@H](C=O)Cc3ccccc3)C2=O)[C@@H](N[C@H](C=O)CCCCN)C1=O.[Y]. The summed E-state index contributed by atoms with van der Waals surface area (Å²) in [7, 11) is 1.69. The van der Waals surface area contributed by atoms with E-state index in [1.165, 1.54) is 11.8 Å². The molecular weight excluding hydrogens is 1200 g/mol. The fourth-order valence-electron chi connectivity index (χ4n) is 11.2. The number of amides is 5. The van der Waals surface area contributed by atoms with Crippen molar-refractivity contribution in [3.05, 3.63) is 71.9 Å². The van der Waals surface area contributed by atoms with Crippen molar-refractivity contribution >= 4 is 84.4 Å². The standard InChI is InChI=1S/C60H85N14O12.Y/c1-38(2)26-44(33-77)66-52-57(83)70(50(37-81)63-40(5)31-75)22-23-72(52)59(85)54(67-45(34-78)27-39(3)4)74-25-24-73(53(58(74)84)64-43(32-76)16-12-13-19-61)60(86)55(68-47(36-80)29-42-30-62-49-18-11-10-17-48(42)49)71-21-20-69(6)51(56(71)82)65-46(35-79)28-41-14-8-7-9-15-41;/h7-11,14-15,17-18,30-36,38-40,43-47,50-55,62-68H,12-13,16,19-29,61H2,1-6H3;/q-1;/t40-,43-,44-,45-,46-,47-,50+,51+,52+,53+,54+,55+;/m0./s1. The fourth-order valence-corrected chi connectivity index (χ4v) is 11.2. The van der Waals surface area contributed by atoms with Crippen LogP contribution in [0.3, 0.4) is 0 Å². The van der Waals surface area contributed by atoms with E-state index in [1.807, 2.05) is 82.3 Å². The number of piperazine rings is 3. The first kappa shape index (κ1) is 71.6. The molecule has 6 rings (SSSR count). The first-order valence-corrected chi connectivity index (χ1v) is 29.5. The molecule has 27 heteroatoms. The topological polar surface area (TPSA) is 338 Å². The molecule has 9 N–H and O–H groups in total. The molecule has 0 unspecified atom stereocenters. The molecule has 0 bridgehead atoms. The Labute approximate surface area is 533 Å². The number of nitrogens with zero attached hydrogens (tertiary/aromatic N) is 6. The van der Waals surface area contributed by atoms with Gasteiger partial charge in [0.15, 0.2) is 24.7 Å². The maximum absolute atomic E-state index is 16.0. The zero-order valence-corrected chi connectivity index (χ0v) is 53.3. The van der Waals surface area contributed by atoms with Crippen LogP contribution in [0.15, 0.2) is 60.8 Å². The van der Waals surface area contributed by atoms with Crippen molar-refractivity contribution in [1.82, 2.24) is 66.3 Å². The molecule has 0 aliphatic carbocycles. The van der Waals surface area contributed by atoms with E-state index in [0.29, 0.717) is 56.1 Å². The second-order valence-corrected chi connectivity index (χ2v) is 23.1. The van der Waals surface area contributed by atoms with Gasteiger partial charge < -0.3 is 74.1 Å². The summed E-state index contributed by atoms with van der Waals surface area (Å²) in [5.41, 5.74) is 8.17. The van der Waals surface area contributed by atoms with Crippen LogP contribution in [0.25, 0.3) is 10.9 Å². The number of aldehydes is 6. The van der Waals surface area contributed by atoms with E-state index in [4.69, 9.17) is 5.73 Å². The Kier molecular flexibility index (Phi) is 28.9. The summed E-state index contributed by atoms with van der Waals surface area (Å²) in [6, 6.07) is 10.5. The molecule has 3 aliphatic heterocycles. The quantitative estimate of drug-likeness (QED) is 0.0183. The summed E-state index contributed by atoms with van der Waals surface area (Å²) in [5.74, 6) is -4.45. The summed E-state index contributed by atoms with van der Waals surface area (Å²) >= 11 is 0. The predicted molar refractivity (Wildman–Crippen MR) is 317 cm³/mol. The van der Waals surface area contributed by atoms with Crippen LogP contribution in [0.5, 0.6) is 0 Å².